The number of anilines is 1. The highest BCUT2D eigenvalue weighted by atomic mass is 32.2. The molecule has 21 heavy (non-hydrogen) atoms. The number of hydrogen-bond donors (Lipinski definition) is 2. The highest BCUT2D eigenvalue weighted by Gasteiger charge is 2.32. The fourth-order valence-electron chi connectivity index (χ4n) is 2.16. The number of aliphatic hydroxyl groups excluding tert-OH is 1. The van der Waals surface area contributed by atoms with E-state index >= 15 is 0 Å². The van der Waals surface area contributed by atoms with Gasteiger partial charge in [0.1, 0.15) is 16.5 Å². The molecule has 0 saturated heterocycles. The minimum Gasteiger partial charge on any atom is -0.396 e. The van der Waals surface area contributed by atoms with E-state index in [1.54, 1.807) is 13.8 Å². The van der Waals surface area contributed by atoms with Crippen molar-refractivity contribution in [3.63, 3.8) is 0 Å². The van der Waals surface area contributed by atoms with Crippen molar-refractivity contribution in [2.24, 2.45) is 0 Å². The fraction of sp³-hybridized carbons (Fsp3) is 0.538. The van der Waals surface area contributed by atoms with Crippen LogP contribution in [-0.2, 0) is 10.0 Å². The predicted molar refractivity (Wildman–Crippen MR) is 76.1 cm³/mol. The molecule has 0 amide bonds. The van der Waals surface area contributed by atoms with Crippen LogP contribution in [-0.4, -0.2) is 37.0 Å². The normalized spacial score (nSPS) is 12.3. The van der Waals surface area contributed by atoms with Gasteiger partial charge in [0.05, 0.1) is 12.3 Å². The molecule has 0 saturated carbocycles. The number of aliphatic hydroxyl groups is 1. The van der Waals surface area contributed by atoms with E-state index < -0.39 is 38.8 Å². The van der Waals surface area contributed by atoms with Gasteiger partial charge in [-0.15, -0.1) is 0 Å². The summed E-state index contributed by atoms with van der Waals surface area (Å²) in [5.74, 6) is -2.21. The molecule has 1 aromatic carbocycles. The monoisotopic (exact) mass is 322 g/mol. The van der Waals surface area contributed by atoms with Crippen LogP contribution in [0.25, 0.3) is 0 Å². The Bertz CT molecular complexity index is 589. The Morgan fingerprint density at radius 2 is 1.81 bits per heavy atom. The maximum atomic E-state index is 13.8. The zero-order valence-corrected chi connectivity index (χ0v) is 12.8. The van der Waals surface area contributed by atoms with Crippen molar-refractivity contribution in [2.45, 2.75) is 37.6 Å². The Hall–Kier alpha value is -1.25. The number of rotatable bonds is 7. The second-order valence-electron chi connectivity index (χ2n) is 4.61. The van der Waals surface area contributed by atoms with Gasteiger partial charge in [0.15, 0.2) is 0 Å². The lowest BCUT2D eigenvalue weighted by Gasteiger charge is -2.29. The number of halogens is 2. The third-order valence-corrected chi connectivity index (χ3v) is 5.27. The second-order valence-corrected chi connectivity index (χ2v) is 6.47. The van der Waals surface area contributed by atoms with E-state index in [0.29, 0.717) is 18.9 Å². The standard InChI is InChI=1S/C13H20F2N2O3S/c1-3-9(4-2)17(5-6-18)21(19,20)13-8-12(16)10(14)7-11(13)15/h7-9,18H,3-6,16H2,1-2H3. The first-order chi connectivity index (χ1) is 9.79. The summed E-state index contributed by atoms with van der Waals surface area (Å²) in [5, 5.41) is 9.07. The molecule has 0 heterocycles. The quantitative estimate of drug-likeness (QED) is 0.749. The molecule has 0 fully saturated rings. The van der Waals surface area contributed by atoms with E-state index in [2.05, 4.69) is 0 Å². The SMILES string of the molecule is CCC(CC)N(CCO)S(=O)(=O)c1cc(N)c(F)cc1F. The summed E-state index contributed by atoms with van der Waals surface area (Å²) in [5.41, 5.74) is 4.89. The van der Waals surface area contributed by atoms with Crippen LogP contribution in [0.3, 0.4) is 0 Å². The lowest BCUT2D eigenvalue weighted by Crippen LogP contribution is -2.41. The fourth-order valence-corrected chi connectivity index (χ4v) is 4.01. The van der Waals surface area contributed by atoms with E-state index in [1.807, 2.05) is 0 Å². The minimum absolute atomic E-state index is 0.161. The molecule has 0 aliphatic carbocycles. The van der Waals surface area contributed by atoms with Gasteiger partial charge in [-0.3, -0.25) is 0 Å². The van der Waals surface area contributed by atoms with Gasteiger partial charge < -0.3 is 10.8 Å². The molecule has 1 rings (SSSR count). The van der Waals surface area contributed by atoms with Crippen molar-refractivity contribution < 1.29 is 22.3 Å². The molecule has 0 unspecified atom stereocenters. The van der Waals surface area contributed by atoms with Crippen molar-refractivity contribution in [3.05, 3.63) is 23.8 Å². The molecular formula is C13H20F2N2O3S. The molecule has 0 radical (unpaired) electrons. The number of nitrogens with zero attached hydrogens (tertiary/aromatic N) is 1. The van der Waals surface area contributed by atoms with E-state index in [-0.39, 0.29) is 12.6 Å². The molecule has 0 spiro atoms. The first-order valence-electron chi connectivity index (χ1n) is 6.66. The maximum Gasteiger partial charge on any atom is 0.246 e. The van der Waals surface area contributed by atoms with Gasteiger partial charge >= 0.3 is 0 Å². The van der Waals surface area contributed by atoms with Crippen molar-refractivity contribution in [3.8, 4) is 0 Å². The number of hydrogen-bond acceptors (Lipinski definition) is 4. The van der Waals surface area contributed by atoms with Gasteiger partial charge in [0.2, 0.25) is 10.0 Å². The number of sulfonamides is 1. The van der Waals surface area contributed by atoms with Gasteiger partial charge in [-0.1, -0.05) is 13.8 Å². The third kappa shape index (κ3) is 3.69. The summed E-state index contributed by atoms with van der Waals surface area (Å²) in [4.78, 5) is -0.679. The van der Waals surface area contributed by atoms with E-state index in [1.165, 1.54) is 0 Å². The van der Waals surface area contributed by atoms with Crippen LogP contribution in [0.1, 0.15) is 26.7 Å². The van der Waals surface area contributed by atoms with E-state index in [0.717, 1.165) is 10.4 Å². The Balaban J connectivity index is 3.38. The third-order valence-electron chi connectivity index (χ3n) is 3.31. The van der Waals surface area contributed by atoms with Crippen molar-refractivity contribution >= 4 is 15.7 Å². The first-order valence-corrected chi connectivity index (χ1v) is 8.10. The zero-order valence-electron chi connectivity index (χ0n) is 12.0. The van der Waals surface area contributed by atoms with E-state index in [4.69, 9.17) is 10.8 Å². The van der Waals surface area contributed by atoms with Crippen molar-refractivity contribution in [1.29, 1.82) is 0 Å². The van der Waals surface area contributed by atoms with Crippen LogP contribution < -0.4 is 5.73 Å². The van der Waals surface area contributed by atoms with Crippen LogP contribution >= 0.6 is 0 Å². The average molecular weight is 322 g/mol. The smallest absolute Gasteiger partial charge is 0.246 e. The maximum absolute atomic E-state index is 13.8. The Morgan fingerprint density at radius 3 is 2.29 bits per heavy atom. The Kier molecular flexibility index (Phi) is 6.06. The van der Waals surface area contributed by atoms with Crippen molar-refractivity contribution in [2.75, 3.05) is 18.9 Å². The summed E-state index contributed by atoms with van der Waals surface area (Å²) >= 11 is 0. The minimum atomic E-state index is -4.20. The van der Waals surface area contributed by atoms with Crippen molar-refractivity contribution in [1.82, 2.24) is 4.31 Å². The van der Waals surface area contributed by atoms with Gasteiger partial charge in [0, 0.05) is 18.7 Å². The van der Waals surface area contributed by atoms with Crippen LogP contribution in [0.2, 0.25) is 0 Å². The highest BCUT2D eigenvalue weighted by molar-refractivity contribution is 7.89. The predicted octanol–water partition coefficient (Wildman–Crippen LogP) is 1.72. The molecule has 0 aliphatic rings. The molecule has 5 nitrogen and oxygen atoms in total. The molecular weight excluding hydrogens is 302 g/mol. The molecule has 0 atom stereocenters. The molecule has 3 N–H and O–H groups in total. The number of nitrogens with two attached hydrogens (primary N) is 1. The summed E-state index contributed by atoms with van der Waals surface area (Å²) in [6.07, 6.45) is 1.02. The topological polar surface area (TPSA) is 83.6 Å². The van der Waals surface area contributed by atoms with E-state index in [9.17, 15) is 17.2 Å². The Morgan fingerprint density at radius 1 is 1.24 bits per heavy atom. The van der Waals surface area contributed by atoms with Crippen LogP contribution in [0.15, 0.2) is 17.0 Å². The van der Waals surface area contributed by atoms with Gasteiger partial charge in [-0.25, -0.2) is 17.2 Å². The van der Waals surface area contributed by atoms with Crippen LogP contribution in [0.4, 0.5) is 14.5 Å². The summed E-state index contributed by atoms with van der Waals surface area (Å²) in [6.45, 7) is 3.03. The van der Waals surface area contributed by atoms with Gasteiger partial charge in [-0.2, -0.15) is 4.31 Å². The largest absolute Gasteiger partial charge is 0.396 e. The molecule has 0 aromatic heterocycles. The molecule has 1 aromatic rings. The summed E-state index contributed by atoms with van der Waals surface area (Å²) in [7, 11) is -4.20. The average Bonchev–Trinajstić information content (AvgIpc) is 2.43. The first kappa shape index (κ1) is 17.8. The second kappa shape index (κ2) is 7.15. The van der Waals surface area contributed by atoms with Crippen LogP contribution in [0.5, 0.6) is 0 Å². The highest BCUT2D eigenvalue weighted by Crippen LogP contribution is 2.26. The van der Waals surface area contributed by atoms with Crippen LogP contribution in [0, 0.1) is 11.6 Å². The summed E-state index contributed by atoms with van der Waals surface area (Å²) < 4.78 is 53.2. The Labute approximate surface area is 123 Å². The molecule has 0 bridgehead atoms. The number of benzene rings is 1. The van der Waals surface area contributed by atoms with Gasteiger partial charge in [0.25, 0.3) is 0 Å². The lowest BCUT2D eigenvalue weighted by molar-refractivity contribution is 0.219. The molecule has 120 valence electrons. The molecule has 0 aliphatic heterocycles. The lowest BCUT2D eigenvalue weighted by atomic mass is 10.2. The summed E-state index contributed by atoms with van der Waals surface area (Å²) in [6, 6.07) is 0.840. The number of nitrogen functional groups attached to an aromatic ring is 1. The zero-order chi connectivity index (χ0) is 16.2. The van der Waals surface area contributed by atoms with Gasteiger partial charge in [-0.05, 0) is 18.9 Å². The molecule has 8 heteroatoms.